The summed E-state index contributed by atoms with van der Waals surface area (Å²) in [5.41, 5.74) is 1.32. The number of rotatable bonds is 9. The van der Waals surface area contributed by atoms with E-state index < -0.39 is 10.0 Å². The largest absolute Gasteiger partial charge is 0.494 e. The van der Waals surface area contributed by atoms with Crippen LogP contribution in [0.2, 0.25) is 0 Å². The van der Waals surface area contributed by atoms with E-state index in [1.165, 1.54) is 5.56 Å². The van der Waals surface area contributed by atoms with E-state index in [0.717, 1.165) is 76.5 Å². The SMILES string of the molecule is CCOc1ccccc1[C@H]1CC[C@@H](OC[C@@H]2NCCC[C@@H]2NS(=O)(=O)C2CCCC2)CC1. The number of hydrogen-bond donors (Lipinski definition) is 2. The average molecular weight is 465 g/mol. The van der Waals surface area contributed by atoms with Crippen LogP contribution >= 0.6 is 0 Å². The van der Waals surface area contributed by atoms with Crippen LogP contribution in [-0.4, -0.2) is 51.6 Å². The standard InChI is InChI=1S/C25H40N2O4S/c1-2-30-25-12-6-5-10-22(25)19-13-15-20(16-14-19)31-18-24-23(11-7-17-26-24)27-32(28,29)21-8-3-4-9-21/h5-6,10,12,19-21,23-24,26-27H,2-4,7-9,11,13-18H2,1H3/t19-,20+,23-,24-/m0/s1. The van der Waals surface area contributed by atoms with Crippen LogP contribution in [0.5, 0.6) is 5.75 Å². The smallest absolute Gasteiger partial charge is 0.214 e. The molecule has 6 nitrogen and oxygen atoms in total. The molecule has 3 fully saturated rings. The zero-order chi connectivity index (χ0) is 22.4. The Balaban J connectivity index is 1.27. The highest BCUT2D eigenvalue weighted by Crippen LogP contribution is 2.38. The van der Waals surface area contributed by atoms with Crippen LogP contribution in [0.25, 0.3) is 0 Å². The van der Waals surface area contributed by atoms with Gasteiger partial charge in [-0.15, -0.1) is 0 Å². The fraction of sp³-hybridized carbons (Fsp3) is 0.760. The van der Waals surface area contributed by atoms with Crippen molar-refractivity contribution in [2.24, 2.45) is 0 Å². The van der Waals surface area contributed by atoms with Crippen LogP contribution in [-0.2, 0) is 14.8 Å². The molecule has 1 aromatic carbocycles. The molecule has 32 heavy (non-hydrogen) atoms. The number of sulfonamides is 1. The summed E-state index contributed by atoms with van der Waals surface area (Å²) in [7, 11) is -3.24. The first-order valence-corrected chi connectivity index (χ1v) is 14.2. The van der Waals surface area contributed by atoms with Crippen molar-refractivity contribution >= 4 is 10.0 Å². The van der Waals surface area contributed by atoms with Gasteiger partial charge < -0.3 is 14.8 Å². The molecule has 4 rings (SSSR count). The second-order valence-electron chi connectivity index (χ2n) is 9.66. The summed E-state index contributed by atoms with van der Waals surface area (Å²) in [6.07, 6.45) is 10.1. The molecular weight excluding hydrogens is 424 g/mol. The Bertz CT molecular complexity index is 817. The quantitative estimate of drug-likeness (QED) is 0.575. The van der Waals surface area contributed by atoms with Gasteiger partial charge >= 0.3 is 0 Å². The summed E-state index contributed by atoms with van der Waals surface area (Å²) in [5.74, 6) is 1.54. The van der Waals surface area contributed by atoms with Crippen LogP contribution in [0.15, 0.2) is 24.3 Å². The van der Waals surface area contributed by atoms with Crippen LogP contribution < -0.4 is 14.8 Å². The lowest BCUT2D eigenvalue weighted by atomic mass is 9.82. The highest BCUT2D eigenvalue weighted by Gasteiger charge is 2.35. The summed E-state index contributed by atoms with van der Waals surface area (Å²) in [6, 6.07) is 8.40. The molecular formula is C25H40N2O4S. The lowest BCUT2D eigenvalue weighted by Crippen LogP contribution is -2.56. The Morgan fingerprint density at radius 3 is 2.50 bits per heavy atom. The van der Waals surface area contributed by atoms with Gasteiger partial charge in [-0.05, 0) is 82.4 Å². The normalized spacial score (nSPS) is 29.8. The van der Waals surface area contributed by atoms with Crippen molar-refractivity contribution < 1.29 is 17.9 Å². The van der Waals surface area contributed by atoms with Crippen LogP contribution in [0.1, 0.15) is 82.6 Å². The van der Waals surface area contributed by atoms with E-state index in [2.05, 4.69) is 28.2 Å². The average Bonchev–Trinajstić information content (AvgIpc) is 3.36. The Morgan fingerprint density at radius 2 is 1.75 bits per heavy atom. The van der Waals surface area contributed by atoms with Gasteiger partial charge in [0.2, 0.25) is 10.0 Å². The first-order chi connectivity index (χ1) is 15.6. The molecule has 0 aromatic heterocycles. The molecule has 2 N–H and O–H groups in total. The summed E-state index contributed by atoms with van der Waals surface area (Å²) in [4.78, 5) is 0. The molecule has 2 saturated carbocycles. The lowest BCUT2D eigenvalue weighted by molar-refractivity contribution is 0.00508. The number of nitrogens with one attached hydrogen (secondary N) is 2. The molecule has 180 valence electrons. The fourth-order valence-electron chi connectivity index (χ4n) is 5.66. The molecule has 0 radical (unpaired) electrons. The molecule has 1 aliphatic heterocycles. The van der Waals surface area contributed by atoms with Gasteiger partial charge in [0, 0.05) is 12.1 Å². The number of piperidine rings is 1. The Morgan fingerprint density at radius 1 is 1.00 bits per heavy atom. The van der Waals surface area contributed by atoms with Gasteiger partial charge in [-0.3, -0.25) is 0 Å². The maximum atomic E-state index is 12.8. The molecule has 0 spiro atoms. The number of benzene rings is 1. The minimum atomic E-state index is -3.24. The fourth-order valence-corrected chi connectivity index (χ4v) is 7.51. The summed E-state index contributed by atoms with van der Waals surface area (Å²) in [6.45, 7) is 4.22. The summed E-state index contributed by atoms with van der Waals surface area (Å²) in [5, 5.41) is 3.30. The van der Waals surface area contributed by atoms with Crippen molar-refractivity contribution in [1.82, 2.24) is 10.0 Å². The van der Waals surface area contributed by atoms with Gasteiger partial charge in [-0.25, -0.2) is 13.1 Å². The first-order valence-electron chi connectivity index (χ1n) is 12.6. The molecule has 2 aliphatic carbocycles. The Hall–Kier alpha value is -1.15. The van der Waals surface area contributed by atoms with Crippen LogP contribution in [0.4, 0.5) is 0 Å². The Kier molecular flexibility index (Phi) is 8.49. The van der Waals surface area contributed by atoms with Crippen molar-refractivity contribution in [3.8, 4) is 5.75 Å². The summed E-state index contributed by atoms with van der Waals surface area (Å²) >= 11 is 0. The molecule has 1 aromatic rings. The van der Waals surface area contributed by atoms with Crippen molar-refractivity contribution in [2.75, 3.05) is 19.8 Å². The van der Waals surface area contributed by atoms with Gasteiger partial charge in [0.1, 0.15) is 5.75 Å². The third kappa shape index (κ3) is 6.04. The maximum absolute atomic E-state index is 12.8. The molecule has 3 aliphatic rings. The van der Waals surface area contributed by atoms with Crippen molar-refractivity contribution in [3.63, 3.8) is 0 Å². The Labute approximate surface area is 193 Å². The number of para-hydroxylation sites is 1. The molecule has 0 bridgehead atoms. The second-order valence-corrected chi connectivity index (χ2v) is 11.6. The zero-order valence-corrected chi connectivity index (χ0v) is 20.2. The van der Waals surface area contributed by atoms with E-state index in [1.54, 1.807) is 0 Å². The minimum Gasteiger partial charge on any atom is -0.494 e. The van der Waals surface area contributed by atoms with Gasteiger partial charge in [-0.1, -0.05) is 31.0 Å². The molecule has 1 heterocycles. The molecule has 0 unspecified atom stereocenters. The van der Waals surface area contributed by atoms with Crippen molar-refractivity contribution in [2.45, 2.75) is 100 Å². The van der Waals surface area contributed by atoms with E-state index in [1.807, 2.05) is 13.0 Å². The second kappa shape index (κ2) is 11.3. The number of ether oxygens (including phenoxy) is 2. The molecule has 2 atom stereocenters. The maximum Gasteiger partial charge on any atom is 0.214 e. The highest BCUT2D eigenvalue weighted by molar-refractivity contribution is 7.90. The summed E-state index contributed by atoms with van der Waals surface area (Å²) < 4.78 is 40.8. The third-order valence-electron chi connectivity index (χ3n) is 7.49. The lowest BCUT2D eigenvalue weighted by Gasteiger charge is -2.36. The van der Waals surface area contributed by atoms with Gasteiger partial charge in [0.05, 0.1) is 24.6 Å². The monoisotopic (exact) mass is 464 g/mol. The van der Waals surface area contributed by atoms with Crippen LogP contribution in [0.3, 0.4) is 0 Å². The van der Waals surface area contributed by atoms with E-state index in [-0.39, 0.29) is 23.4 Å². The van der Waals surface area contributed by atoms with Crippen LogP contribution in [0, 0.1) is 0 Å². The predicted octanol–water partition coefficient (Wildman–Crippen LogP) is 4.11. The minimum absolute atomic E-state index is 0.0522. The number of hydrogen-bond acceptors (Lipinski definition) is 5. The van der Waals surface area contributed by atoms with E-state index in [4.69, 9.17) is 9.47 Å². The van der Waals surface area contributed by atoms with Crippen molar-refractivity contribution in [1.29, 1.82) is 0 Å². The van der Waals surface area contributed by atoms with Gasteiger partial charge in [0.15, 0.2) is 0 Å². The van der Waals surface area contributed by atoms with Gasteiger partial charge in [0.25, 0.3) is 0 Å². The topological polar surface area (TPSA) is 76.7 Å². The third-order valence-corrected chi connectivity index (χ3v) is 9.47. The van der Waals surface area contributed by atoms with E-state index >= 15 is 0 Å². The van der Waals surface area contributed by atoms with E-state index in [0.29, 0.717) is 19.1 Å². The van der Waals surface area contributed by atoms with Crippen molar-refractivity contribution in [3.05, 3.63) is 29.8 Å². The molecule has 7 heteroatoms. The van der Waals surface area contributed by atoms with E-state index in [9.17, 15) is 8.42 Å². The highest BCUT2D eigenvalue weighted by atomic mass is 32.2. The molecule has 0 amide bonds. The first kappa shape index (κ1) is 24.0. The van der Waals surface area contributed by atoms with Gasteiger partial charge in [-0.2, -0.15) is 0 Å². The predicted molar refractivity (Wildman–Crippen MR) is 128 cm³/mol. The zero-order valence-electron chi connectivity index (χ0n) is 19.4. The molecule has 1 saturated heterocycles.